The number of carbonyl (C=O) groups is 2. The second-order valence-electron chi connectivity index (χ2n) is 7.04. The van der Waals surface area contributed by atoms with E-state index < -0.39 is 0 Å². The molecule has 0 aliphatic heterocycles. The van der Waals surface area contributed by atoms with Gasteiger partial charge in [0.05, 0.1) is 6.04 Å². The molecule has 0 fully saturated rings. The largest absolute Gasteiger partial charge is 0.336 e. The zero-order chi connectivity index (χ0) is 20.0. The normalized spacial score (nSPS) is 12.1. The zero-order valence-corrected chi connectivity index (χ0v) is 17.3. The molecule has 2 aromatic rings. The van der Waals surface area contributed by atoms with Gasteiger partial charge in [-0.15, -0.1) is 0 Å². The fraction of sp³-hybridized carbons (Fsp3) is 0.400. The van der Waals surface area contributed by atoms with Crippen LogP contribution in [0.2, 0.25) is 0 Å². The minimum atomic E-state index is -0.271. The first-order valence-corrected chi connectivity index (χ1v) is 9.87. The summed E-state index contributed by atoms with van der Waals surface area (Å²) in [4.78, 5) is 26.3. The molecular formula is C20H28N4O2S. The number of nitrogens with one attached hydrogen (secondary N) is 3. The summed E-state index contributed by atoms with van der Waals surface area (Å²) in [6.07, 6.45) is 0. The van der Waals surface area contributed by atoms with Crippen LogP contribution < -0.4 is 16.0 Å². The van der Waals surface area contributed by atoms with Gasteiger partial charge in [-0.25, -0.2) is 4.79 Å². The molecule has 1 atom stereocenters. The molecule has 7 heteroatoms. The summed E-state index contributed by atoms with van der Waals surface area (Å²) in [6, 6.07) is 7.39. The maximum atomic E-state index is 12.4. The van der Waals surface area contributed by atoms with E-state index in [1.54, 1.807) is 17.4 Å². The van der Waals surface area contributed by atoms with E-state index in [4.69, 9.17) is 0 Å². The molecule has 2 rings (SSSR count). The minimum Gasteiger partial charge on any atom is -0.336 e. The SMILES string of the molecule is Cc1ccc(NC(=O)C(C)C)cc1NC(=O)NC[C@@H](c1ccsc1)N(C)C. The van der Waals surface area contributed by atoms with Gasteiger partial charge in [0.15, 0.2) is 0 Å². The first-order chi connectivity index (χ1) is 12.8. The average molecular weight is 389 g/mol. The van der Waals surface area contributed by atoms with Gasteiger partial charge in [0, 0.05) is 23.8 Å². The quantitative estimate of drug-likeness (QED) is 0.669. The Morgan fingerprint density at radius 1 is 1.15 bits per heavy atom. The summed E-state index contributed by atoms with van der Waals surface area (Å²) < 4.78 is 0. The summed E-state index contributed by atoms with van der Waals surface area (Å²) in [5, 5.41) is 12.8. The van der Waals surface area contributed by atoms with E-state index in [2.05, 4.69) is 32.3 Å². The highest BCUT2D eigenvalue weighted by molar-refractivity contribution is 7.07. The average Bonchev–Trinajstić information content (AvgIpc) is 3.11. The first-order valence-electron chi connectivity index (χ1n) is 8.92. The lowest BCUT2D eigenvalue weighted by Gasteiger charge is -2.24. The Balaban J connectivity index is 1.99. The van der Waals surface area contributed by atoms with E-state index in [1.165, 1.54) is 5.56 Å². The highest BCUT2D eigenvalue weighted by Crippen LogP contribution is 2.22. The van der Waals surface area contributed by atoms with Gasteiger partial charge in [-0.1, -0.05) is 19.9 Å². The number of thiophene rings is 1. The van der Waals surface area contributed by atoms with Crippen LogP contribution in [0.1, 0.15) is 31.0 Å². The molecular weight excluding hydrogens is 360 g/mol. The Kier molecular flexibility index (Phi) is 7.38. The lowest BCUT2D eigenvalue weighted by Crippen LogP contribution is -2.36. The number of benzene rings is 1. The maximum absolute atomic E-state index is 12.4. The first kappa shape index (κ1) is 20.9. The van der Waals surface area contributed by atoms with Gasteiger partial charge in [-0.05, 0) is 61.1 Å². The molecule has 3 amide bonds. The van der Waals surface area contributed by atoms with E-state index >= 15 is 0 Å². The molecule has 0 aliphatic rings. The predicted octanol–water partition coefficient (Wildman–Crippen LogP) is 4.08. The van der Waals surface area contributed by atoms with Crippen molar-refractivity contribution in [3.8, 4) is 0 Å². The summed E-state index contributed by atoms with van der Waals surface area (Å²) in [6.45, 7) is 6.09. The lowest BCUT2D eigenvalue weighted by molar-refractivity contribution is -0.118. The van der Waals surface area contributed by atoms with Crippen molar-refractivity contribution in [2.75, 3.05) is 31.3 Å². The second kappa shape index (κ2) is 9.53. The molecule has 1 aromatic heterocycles. The molecule has 0 saturated carbocycles. The molecule has 1 aromatic carbocycles. The Morgan fingerprint density at radius 3 is 2.48 bits per heavy atom. The smallest absolute Gasteiger partial charge is 0.319 e. The second-order valence-corrected chi connectivity index (χ2v) is 7.82. The van der Waals surface area contributed by atoms with Crippen LogP contribution in [0, 0.1) is 12.8 Å². The summed E-state index contributed by atoms with van der Waals surface area (Å²) >= 11 is 1.64. The number of aryl methyl sites for hydroxylation is 1. The van der Waals surface area contributed by atoms with Gasteiger partial charge in [-0.2, -0.15) is 11.3 Å². The van der Waals surface area contributed by atoms with Crippen LogP contribution >= 0.6 is 11.3 Å². The Morgan fingerprint density at radius 2 is 1.89 bits per heavy atom. The Hall–Kier alpha value is -2.38. The van der Waals surface area contributed by atoms with Crippen LogP contribution in [0.4, 0.5) is 16.2 Å². The molecule has 6 nitrogen and oxygen atoms in total. The number of nitrogens with zero attached hydrogens (tertiary/aromatic N) is 1. The van der Waals surface area contributed by atoms with E-state index in [0.29, 0.717) is 17.9 Å². The molecule has 0 saturated heterocycles. The van der Waals surface area contributed by atoms with Gasteiger partial charge in [-0.3, -0.25) is 4.79 Å². The Labute approximate surface area is 165 Å². The van der Waals surface area contributed by atoms with E-state index in [9.17, 15) is 9.59 Å². The van der Waals surface area contributed by atoms with Gasteiger partial charge in [0.25, 0.3) is 0 Å². The van der Waals surface area contributed by atoms with Crippen molar-refractivity contribution in [1.82, 2.24) is 10.2 Å². The number of likely N-dealkylation sites (N-methyl/N-ethyl adjacent to an activating group) is 1. The number of carbonyl (C=O) groups excluding carboxylic acids is 2. The number of anilines is 2. The molecule has 3 N–H and O–H groups in total. The number of hydrogen-bond donors (Lipinski definition) is 3. The third-order valence-electron chi connectivity index (χ3n) is 4.28. The van der Waals surface area contributed by atoms with Gasteiger partial charge >= 0.3 is 6.03 Å². The lowest BCUT2D eigenvalue weighted by atomic mass is 10.1. The van der Waals surface area contributed by atoms with E-state index in [0.717, 1.165) is 5.56 Å². The molecule has 27 heavy (non-hydrogen) atoms. The van der Waals surface area contributed by atoms with Crippen LogP contribution in [0.15, 0.2) is 35.0 Å². The summed E-state index contributed by atoms with van der Waals surface area (Å²) in [5.41, 5.74) is 3.44. The Bertz CT molecular complexity index is 772. The number of amides is 3. The van der Waals surface area contributed by atoms with Gasteiger partial charge in [0.2, 0.25) is 5.91 Å². The highest BCUT2D eigenvalue weighted by Gasteiger charge is 2.16. The molecule has 0 radical (unpaired) electrons. The number of rotatable bonds is 7. The predicted molar refractivity (Wildman–Crippen MR) is 112 cm³/mol. The minimum absolute atomic E-state index is 0.0566. The van der Waals surface area contributed by atoms with E-state index in [1.807, 2.05) is 52.4 Å². The van der Waals surface area contributed by atoms with Crippen molar-refractivity contribution < 1.29 is 9.59 Å². The number of hydrogen-bond acceptors (Lipinski definition) is 4. The number of urea groups is 1. The highest BCUT2D eigenvalue weighted by atomic mass is 32.1. The van der Waals surface area contributed by atoms with Crippen LogP contribution in [0.5, 0.6) is 0 Å². The molecule has 0 aliphatic carbocycles. The van der Waals surface area contributed by atoms with Crippen molar-refractivity contribution in [3.63, 3.8) is 0 Å². The molecule has 1 heterocycles. The summed E-state index contributed by atoms with van der Waals surface area (Å²) in [7, 11) is 3.99. The fourth-order valence-corrected chi connectivity index (χ4v) is 3.25. The van der Waals surface area contributed by atoms with Crippen molar-refractivity contribution >= 4 is 34.6 Å². The van der Waals surface area contributed by atoms with Crippen molar-refractivity contribution in [1.29, 1.82) is 0 Å². The standard InChI is InChI=1S/C20H28N4O2S/c1-13(2)19(25)22-16-7-6-14(3)17(10-16)23-20(26)21-11-18(24(4)5)15-8-9-27-12-15/h6-10,12-13,18H,11H2,1-5H3,(H,22,25)(H2,21,23,26)/t18-/m0/s1. The van der Waals surface area contributed by atoms with Crippen molar-refractivity contribution in [3.05, 3.63) is 46.2 Å². The van der Waals surface area contributed by atoms with Crippen molar-refractivity contribution in [2.24, 2.45) is 5.92 Å². The molecule has 0 bridgehead atoms. The van der Waals surface area contributed by atoms with Crippen LogP contribution in [0.25, 0.3) is 0 Å². The third kappa shape index (κ3) is 6.08. The summed E-state index contributed by atoms with van der Waals surface area (Å²) in [5.74, 6) is -0.162. The van der Waals surface area contributed by atoms with Crippen LogP contribution in [-0.2, 0) is 4.79 Å². The van der Waals surface area contributed by atoms with Crippen LogP contribution in [-0.4, -0.2) is 37.5 Å². The molecule has 0 spiro atoms. The van der Waals surface area contributed by atoms with Gasteiger partial charge in [0.1, 0.15) is 0 Å². The molecule has 146 valence electrons. The zero-order valence-electron chi connectivity index (χ0n) is 16.5. The maximum Gasteiger partial charge on any atom is 0.319 e. The molecule has 0 unspecified atom stereocenters. The fourth-order valence-electron chi connectivity index (χ4n) is 2.54. The van der Waals surface area contributed by atoms with E-state index in [-0.39, 0.29) is 23.9 Å². The van der Waals surface area contributed by atoms with Crippen LogP contribution in [0.3, 0.4) is 0 Å². The van der Waals surface area contributed by atoms with Gasteiger partial charge < -0.3 is 20.9 Å². The third-order valence-corrected chi connectivity index (χ3v) is 4.99. The topological polar surface area (TPSA) is 73.5 Å². The monoisotopic (exact) mass is 388 g/mol. The van der Waals surface area contributed by atoms with Crippen molar-refractivity contribution in [2.45, 2.75) is 26.8 Å².